The summed E-state index contributed by atoms with van der Waals surface area (Å²) in [6.45, 7) is 5.61. The van der Waals surface area contributed by atoms with Crippen LogP contribution < -0.4 is 10.1 Å². The van der Waals surface area contributed by atoms with E-state index >= 15 is 0 Å². The molecule has 1 amide bonds. The van der Waals surface area contributed by atoms with Crippen LogP contribution in [-0.4, -0.2) is 27.8 Å². The van der Waals surface area contributed by atoms with Gasteiger partial charge < -0.3 is 15.2 Å². The van der Waals surface area contributed by atoms with Gasteiger partial charge in [-0.1, -0.05) is 0 Å². The predicted molar refractivity (Wildman–Crippen MR) is 62.3 cm³/mol. The fourth-order valence-electron chi connectivity index (χ4n) is 2.51. The van der Waals surface area contributed by atoms with E-state index in [9.17, 15) is 4.79 Å². The minimum atomic E-state index is -1.04. The Morgan fingerprint density at radius 2 is 2.29 bits per heavy atom. The molecule has 2 rings (SSSR count). The van der Waals surface area contributed by atoms with Crippen molar-refractivity contribution in [1.82, 2.24) is 10.3 Å². The van der Waals surface area contributed by atoms with Gasteiger partial charge in [0.05, 0.1) is 11.6 Å². The summed E-state index contributed by atoms with van der Waals surface area (Å²) in [5.74, 6) is 0.653. The molecule has 1 aromatic heterocycles. The molecule has 1 aliphatic heterocycles. The van der Waals surface area contributed by atoms with Crippen molar-refractivity contribution in [3.8, 4) is 5.75 Å². The van der Waals surface area contributed by atoms with Gasteiger partial charge in [0, 0.05) is 11.7 Å². The van der Waals surface area contributed by atoms with Crippen LogP contribution in [-0.2, 0) is 0 Å². The van der Waals surface area contributed by atoms with Gasteiger partial charge in [0.1, 0.15) is 11.9 Å². The third-order valence-electron chi connectivity index (χ3n) is 3.08. The first-order chi connectivity index (χ1) is 7.92. The molecule has 2 N–H and O–H groups in total. The Bertz CT molecular complexity index is 445. The summed E-state index contributed by atoms with van der Waals surface area (Å²) in [6.07, 6.45) is 0.567. The number of carbonyl (C=O) groups is 1. The molecule has 5 nitrogen and oxygen atoms in total. The predicted octanol–water partition coefficient (Wildman–Crippen LogP) is 1.99. The molecule has 0 spiro atoms. The lowest BCUT2D eigenvalue weighted by Crippen LogP contribution is -2.50. The quantitative estimate of drug-likeness (QED) is 0.823. The number of rotatable bonds is 2. The minimum Gasteiger partial charge on any atom is -0.488 e. The lowest BCUT2D eigenvalue weighted by Gasteiger charge is -2.32. The van der Waals surface area contributed by atoms with Crippen LogP contribution in [0.2, 0.25) is 0 Å². The second-order valence-corrected chi connectivity index (χ2v) is 4.84. The van der Waals surface area contributed by atoms with E-state index in [1.165, 1.54) is 0 Å². The highest BCUT2D eigenvalue weighted by molar-refractivity contribution is 5.66. The molecular weight excluding hydrogens is 220 g/mol. The van der Waals surface area contributed by atoms with Crippen LogP contribution >= 0.6 is 0 Å². The number of hydrogen-bond donors (Lipinski definition) is 2. The Balaban J connectivity index is 2.35. The highest BCUT2D eigenvalue weighted by atomic mass is 16.5. The molecule has 0 unspecified atom stereocenters. The van der Waals surface area contributed by atoms with E-state index in [0.29, 0.717) is 0 Å². The summed E-state index contributed by atoms with van der Waals surface area (Å²) in [4.78, 5) is 15.1. The fraction of sp³-hybridized carbons (Fsp3) is 0.500. The van der Waals surface area contributed by atoms with Crippen molar-refractivity contribution in [1.29, 1.82) is 0 Å². The number of nitrogens with one attached hydrogen (secondary N) is 1. The molecule has 0 fully saturated rings. The van der Waals surface area contributed by atoms with Crippen LogP contribution in [0.4, 0.5) is 4.79 Å². The number of hydrogen-bond acceptors (Lipinski definition) is 3. The van der Waals surface area contributed by atoms with Crippen LogP contribution in [0.15, 0.2) is 18.3 Å². The average molecular weight is 236 g/mol. The van der Waals surface area contributed by atoms with Crippen molar-refractivity contribution in [2.24, 2.45) is 0 Å². The second-order valence-electron chi connectivity index (χ2n) is 4.84. The van der Waals surface area contributed by atoms with E-state index in [4.69, 9.17) is 9.84 Å². The van der Waals surface area contributed by atoms with Gasteiger partial charge in [-0.3, -0.25) is 4.98 Å². The Morgan fingerprint density at radius 3 is 2.94 bits per heavy atom. The van der Waals surface area contributed by atoms with Crippen molar-refractivity contribution in [2.75, 3.05) is 0 Å². The van der Waals surface area contributed by atoms with Crippen molar-refractivity contribution in [3.05, 3.63) is 24.0 Å². The Hall–Kier alpha value is -1.78. The summed E-state index contributed by atoms with van der Waals surface area (Å²) in [6, 6.07) is 3.67. The fourth-order valence-corrected chi connectivity index (χ4v) is 2.51. The van der Waals surface area contributed by atoms with E-state index in [1.54, 1.807) is 6.20 Å². The number of amides is 1. The molecular formula is C12H16N2O3. The van der Waals surface area contributed by atoms with Crippen LogP contribution in [0, 0.1) is 0 Å². The van der Waals surface area contributed by atoms with Crippen molar-refractivity contribution >= 4 is 6.09 Å². The van der Waals surface area contributed by atoms with Gasteiger partial charge in [0.2, 0.25) is 0 Å². The molecule has 2 atom stereocenters. The van der Waals surface area contributed by atoms with E-state index in [1.807, 2.05) is 32.9 Å². The lowest BCUT2D eigenvalue weighted by molar-refractivity contribution is 0.150. The monoisotopic (exact) mass is 236 g/mol. The van der Waals surface area contributed by atoms with Gasteiger partial charge in [0.15, 0.2) is 0 Å². The zero-order chi connectivity index (χ0) is 12.6. The Kier molecular flexibility index (Phi) is 2.69. The Labute approximate surface area is 99.8 Å². The third kappa shape index (κ3) is 2.05. The second kappa shape index (κ2) is 3.91. The number of pyridine rings is 1. The minimum absolute atomic E-state index is 0.0881. The van der Waals surface area contributed by atoms with E-state index < -0.39 is 11.6 Å². The molecule has 92 valence electrons. The van der Waals surface area contributed by atoms with Crippen molar-refractivity contribution in [2.45, 2.75) is 38.3 Å². The zero-order valence-corrected chi connectivity index (χ0v) is 10.1. The molecule has 0 saturated carbocycles. The SMILES string of the molecule is C[C@H]1Oc2cccnc2[C@@H]1C(C)(C)NC(=O)O. The Morgan fingerprint density at radius 1 is 1.59 bits per heavy atom. The number of aromatic nitrogens is 1. The largest absolute Gasteiger partial charge is 0.488 e. The van der Waals surface area contributed by atoms with Gasteiger partial charge in [-0.15, -0.1) is 0 Å². The number of fused-ring (bicyclic) bond motifs is 1. The number of nitrogens with zero attached hydrogens (tertiary/aromatic N) is 1. The smallest absolute Gasteiger partial charge is 0.405 e. The topological polar surface area (TPSA) is 71.5 Å². The standard InChI is InChI=1S/C12H16N2O3/c1-7-9(12(2,3)14-11(15)16)10-8(17-7)5-4-6-13-10/h4-7,9,14H,1-3H3,(H,15,16)/t7-,9-/m1/s1. The van der Waals surface area contributed by atoms with Crippen LogP contribution in [0.25, 0.3) is 0 Å². The first-order valence-electron chi connectivity index (χ1n) is 5.54. The molecule has 1 aromatic rings. The molecule has 17 heavy (non-hydrogen) atoms. The van der Waals surface area contributed by atoms with Crippen LogP contribution in [0.3, 0.4) is 0 Å². The summed E-state index contributed by atoms with van der Waals surface area (Å²) in [5.41, 5.74) is 0.198. The zero-order valence-electron chi connectivity index (χ0n) is 10.1. The number of ether oxygens (including phenoxy) is 1. The molecule has 0 saturated heterocycles. The first-order valence-corrected chi connectivity index (χ1v) is 5.54. The van der Waals surface area contributed by atoms with Gasteiger partial charge >= 0.3 is 6.09 Å². The summed E-state index contributed by atoms with van der Waals surface area (Å²) >= 11 is 0. The van der Waals surface area contributed by atoms with Gasteiger partial charge in [0.25, 0.3) is 0 Å². The van der Waals surface area contributed by atoms with Crippen molar-refractivity contribution < 1.29 is 14.6 Å². The highest BCUT2D eigenvalue weighted by Crippen LogP contribution is 2.42. The number of carboxylic acid groups (broad SMARTS) is 1. The van der Waals surface area contributed by atoms with Gasteiger partial charge in [-0.2, -0.15) is 0 Å². The van der Waals surface area contributed by atoms with E-state index in [-0.39, 0.29) is 12.0 Å². The van der Waals surface area contributed by atoms with Gasteiger partial charge in [-0.05, 0) is 32.9 Å². The molecule has 0 radical (unpaired) electrons. The maximum atomic E-state index is 10.8. The molecule has 1 aliphatic rings. The van der Waals surface area contributed by atoms with E-state index in [0.717, 1.165) is 11.4 Å². The molecule has 5 heteroatoms. The molecule has 2 heterocycles. The van der Waals surface area contributed by atoms with Crippen molar-refractivity contribution in [3.63, 3.8) is 0 Å². The molecule has 0 bridgehead atoms. The molecule has 0 aromatic carbocycles. The highest BCUT2D eigenvalue weighted by Gasteiger charge is 2.44. The summed E-state index contributed by atoms with van der Waals surface area (Å²) in [5, 5.41) is 11.4. The third-order valence-corrected chi connectivity index (χ3v) is 3.08. The average Bonchev–Trinajstić information content (AvgIpc) is 2.51. The van der Waals surface area contributed by atoms with Crippen LogP contribution in [0.1, 0.15) is 32.4 Å². The maximum absolute atomic E-state index is 10.8. The van der Waals surface area contributed by atoms with E-state index in [2.05, 4.69) is 10.3 Å². The maximum Gasteiger partial charge on any atom is 0.405 e. The lowest BCUT2D eigenvalue weighted by atomic mass is 9.82. The normalized spacial score (nSPS) is 22.8. The summed E-state index contributed by atoms with van der Waals surface area (Å²) in [7, 11) is 0. The van der Waals surface area contributed by atoms with Gasteiger partial charge in [-0.25, -0.2) is 4.79 Å². The van der Waals surface area contributed by atoms with Crippen LogP contribution in [0.5, 0.6) is 5.75 Å². The molecule has 0 aliphatic carbocycles. The first kappa shape index (κ1) is 11.7. The summed E-state index contributed by atoms with van der Waals surface area (Å²) < 4.78 is 5.69.